The molecule has 35 heavy (non-hydrogen) atoms. The zero-order chi connectivity index (χ0) is 24.5. The van der Waals surface area contributed by atoms with Gasteiger partial charge >= 0.3 is 0 Å². The third-order valence-corrected chi connectivity index (χ3v) is 8.09. The molecule has 0 radical (unpaired) electrons. The molecule has 2 fully saturated rings. The predicted octanol–water partition coefficient (Wildman–Crippen LogP) is 5.12. The van der Waals surface area contributed by atoms with Crippen LogP contribution in [0.4, 0.5) is 0 Å². The van der Waals surface area contributed by atoms with Gasteiger partial charge in [0.25, 0.3) is 5.91 Å². The highest BCUT2D eigenvalue weighted by Crippen LogP contribution is 2.31. The molecule has 0 bridgehead atoms. The number of hydrogen-bond donors (Lipinski definition) is 0. The number of rotatable bonds is 3. The Morgan fingerprint density at radius 3 is 2.31 bits per heavy atom. The number of amides is 2. The van der Waals surface area contributed by atoms with Crippen molar-refractivity contribution in [2.24, 2.45) is 0 Å². The summed E-state index contributed by atoms with van der Waals surface area (Å²) < 4.78 is 6.65. The molecule has 0 unspecified atom stereocenters. The molecule has 2 aliphatic heterocycles. The maximum Gasteiger partial charge on any atom is 0.257 e. The Balaban J connectivity index is 1.58. The maximum absolute atomic E-state index is 13.7. The van der Waals surface area contributed by atoms with Crippen LogP contribution in [0, 0.1) is 0 Å². The Hall–Kier alpha value is -2.08. The summed E-state index contributed by atoms with van der Waals surface area (Å²) in [5.74, 6) is 0.993. The highest BCUT2D eigenvalue weighted by atomic mass is 16.5. The molecule has 1 saturated carbocycles. The second kappa shape index (κ2) is 13.3. The molecule has 3 aliphatic rings. The van der Waals surface area contributed by atoms with Crippen molar-refractivity contribution in [1.29, 1.82) is 0 Å². The van der Waals surface area contributed by atoms with Crippen molar-refractivity contribution in [3.8, 4) is 5.75 Å². The molecular weight excluding hydrogens is 438 g/mol. The van der Waals surface area contributed by atoms with E-state index in [0.29, 0.717) is 24.4 Å². The van der Waals surface area contributed by atoms with E-state index >= 15 is 0 Å². The van der Waals surface area contributed by atoms with Gasteiger partial charge in [0.15, 0.2) is 0 Å². The van der Waals surface area contributed by atoms with Gasteiger partial charge in [-0.05, 0) is 77.1 Å². The van der Waals surface area contributed by atoms with Gasteiger partial charge in [-0.15, -0.1) is 0 Å². The third kappa shape index (κ3) is 6.99. The van der Waals surface area contributed by atoms with Crippen molar-refractivity contribution in [2.45, 2.75) is 96.1 Å². The fraction of sp³-hybridized carbons (Fsp3) is 0.724. The van der Waals surface area contributed by atoms with Crippen LogP contribution in [0.3, 0.4) is 0 Å². The van der Waals surface area contributed by atoms with Crippen LogP contribution in [0.15, 0.2) is 24.3 Å². The molecule has 0 aromatic heterocycles. The number of carbonyl (C=O) groups excluding carboxylic acids is 2. The molecule has 2 heterocycles. The first-order valence-electron chi connectivity index (χ1n) is 14.2. The molecule has 4 rings (SSSR count). The van der Waals surface area contributed by atoms with E-state index in [1.807, 2.05) is 29.2 Å². The molecule has 1 aromatic rings. The molecule has 194 valence electrons. The zero-order valence-corrected chi connectivity index (χ0v) is 21.8. The number of benzene rings is 1. The number of piperidine rings is 1. The number of para-hydroxylation sites is 1. The molecule has 0 spiro atoms. The first kappa shape index (κ1) is 26.0. The molecule has 1 aromatic carbocycles. The fourth-order valence-corrected chi connectivity index (χ4v) is 6.04. The summed E-state index contributed by atoms with van der Waals surface area (Å²) in [5, 5.41) is 0. The van der Waals surface area contributed by atoms with Crippen molar-refractivity contribution in [3.05, 3.63) is 29.8 Å². The van der Waals surface area contributed by atoms with Crippen LogP contribution in [0.25, 0.3) is 0 Å². The smallest absolute Gasteiger partial charge is 0.257 e. The van der Waals surface area contributed by atoms with E-state index in [1.54, 1.807) is 0 Å². The second-order valence-corrected chi connectivity index (χ2v) is 10.6. The summed E-state index contributed by atoms with van der Waals surface area (Å²) in [4.78, 5) is 33.6. The average Bonchev–Trinajstić information content (AvgIpc) is 2.89. The molecule has 1 aliphatic carbocycles. The highest BCUT2D eigenvalue weighted by Gasteiger charge is 2.35. The van der Waals surface area contributed by atoms with Crippen LogP contribution in [-0.4, -0.2) is 77.9 Å². The molecular formula is C29H45N3O3. The number of fused-ring (bicyclic) bond motifs is 2. The van der Waals surface area contributed by atoms with E-state index in [2.05, 4.69) is 16.7 Å². The maximum atomic E-state index is 13.7. The second-order valence-electron chi connectivity index (χ2n) is 10.6. The van der Waals surface area contributed by atoms with Gasteiger partial charge in [0.1, 0.15) is 11.9 Å². The van der Waals surface area contributed by atoms with Gasteiger partial charge in [-0.2, -0.15) is 0 Å². The van der Waals surface area contributed by atoms with E-state index in [0.717, 1.165) is 84.0 Å². The summed E-state index contributed by atoms with van der Waals surface area (Å²) >= 11 is 0. The van der Waals surface area contributed by atoms with Gasteiger partial charge in [-0.3, -0.25) is 14.5 Å². The summed E-state index contributed by atoms with van der Waals surface area (Å²) in [6.45, 7) is 6.97. The Bertz CT molecular complexity index is 823. The number of likely N-dealkylation sites (tertiary alicyclic amines) is 1. The highest BCUT2D eigenvalue weighted by molar-refractivity contribution is 5.97. The third-order valence-electron chi connectivity index (χ3n) is 8.09. The van der Waals surface area contributed by atoms with Crippen molar-refractivity contribution in [1.82, 2.24) is 14.7 Å². The minimum absolute atomic E-state index is 0.0587. The average molecular weight is 484 g/mol. The number of carbonyl (C=O) groups is 2. The lowest BCUT2D eigenvalue weighted by atomic mass is 9.90. The number of nitrogens with zero attached hydrogens (tertiary/aromatic N) is 3. The molecule has 2 amide bonds. The fourth-order valence-electron chi connectivity index (χ4n) is 6.04. The van der Waals surface area contributed by atoms with Crippen molar-refractivity contribution >= 4 is 11.8 Å². The van der Waals surface area contributed by atoms with Crippen LogP contribution in [-0.2, 0) is 4.79 Å². The van der Waals surface area contributed by atoms with E-state index in [1.165, 1.54) is 19.3 Å². The van der Waals surface area contributed by atoms with E-state index < -0.39 is 0 Å². The Kier molecular flexibility index (Phi) is 9.87. The van der Waals surface area contributed by atoms with Gasteiger partial charge in [0.05, 0.1) is 18.2 Å². The molecule has 2 atom stereocenters. The molecule has 0 N–H and O–H groups in total. The van der Waals surface area contributed by atoms with Crippen molar-refractivity contribution < 1.29 is 14.3 Å². The van der Waals surface area contributed by atoms with E-state index in [4.69, 9.17) is 4.74 Å². The van der Waals surface area contributed by atoms with Gasteiger partial charge in [-0.25, -0.2) is 0 Å². The van der Waals surface area contributed by atoms with Crippen LogP contribution >= 0.6 is 0 Å². The minimum Gasteiger partial charge on any atom is -0.487 e. The standard InChI is InChI=1S/C29H45N3O3/c1-2-31-21-13-4-3-5-14-22-32(28(33)23-30-19-11-6-12-20-30)25-16-8-10-18-27(25)35-26-17-9-7-15-24(26)29(31)34/h7,9,15,17,25,27H,2-6,8,10-14,16,18-23H2,1H3/t25-,27+/m1/s1. The lowest BCUT2D eigenvalue weighted by molar-refractivity contribution is -0.138. The zero-order valence-electron chi connectivity index (χ0n) is 21.8. The molecule has 6 heteroatoms. The first-order valence-corrected chi connectivity index (χ1v) is 14.2. The minimum atomic E-state index is -0.0665. The van der Waals surface area contributed by atoms with Gasteiger partial charge in [0, 0.05) is 19.6 Å². The lowest BCUT2D eigenvalue weighted by Crippen LogP contribution is -2.53. The predicted molar refractivity (Wildman–Crippen MR) is 140 cm³/mol. The Labute approximate surface area is 212 Å². The van der Waals surface area contributed by atoms with E-state index in [-0.39, 0.29) is 24.0 Å². The SMILES string of the molecule is CCN1CCCCCCCN(C(=O)CN2CCCCC2)[C@@H]2CCCC[C@@H]2Oc2ccccc2C1=O. The summed E-state index contributed by atoms with van der Waals surface area (Å²) in [6, 6.07) is 7.79. The quantitative estimate of drug-likeness (QED) is 0.599. The topological polar surface area (TPSA) is 53.1 Å². The summed E-state index contributed by atoms with van der Waals surface area (Å²) in [5.41, 5.74) is 0.653. The number of ether oxygens (including phenoxy) is 1. The summed E-state index contributed by atoms with van der Waals surface area (Å²) in [7, 11) is 0. The summed E-state index contributed by atoms with van der Waals surface area (Å²) in [6.07, 6.45) is 13.2. The molecule has 1 saturated heterocycles. The van der Waals surface area contributed by atoms with Gasteiger partial charge in [0.2, 0.25) is 5.91 Å². The monoisotopic (exact) mass is 483 g/mol. The van der Waals surface area contributed by atoms with Crippen LogP contribution in [0.5, 0.6) is 5.75 Å². The Morgan fingerprint density at radius 2 is 1.51 bits per heavy atom. The molecule has 6 nitrogen and oxygen atoms in total. The largest absolute Gasteiger partial charge is 0.487 e. The Morgan fingerprint density at radius 1 is 0.857 bits per heavy atom. The van der Waals surface area contributed by atoms with Crippen molar-refractivity contribution in [3.63, 3.8) is 0 Å². The van der Waals surface area contributed by atoms with E-state index in [9.17, 15) is 9.59 Å². The lowest BCUT2D eigenvalue weighted by Gasteiger charge is -2.41. The van der Waals surface area contributed by atoms with Gasteiger partial charge < -0.3 is 14.5 Å². The first-order chi connectivity index (χ1) is 17.2. The van der Waals surface area contributed by atoms with Crippen LogP contribution in [0.1, 0.15) is 94.3 Å². The normalized spacial score (nSPS) is 25.6. The van der Waals surface area contributed by atoms with Crippen molar-refractivity contribution in [2.75, 3.05) is 39.3 Å². The number of hydrogen-bond acceptors (Lipinski definition) is 4. The van der Waals surface area contributed by atoms with Gasteiger partial charge in [-0.1, -0.05) is 44.2 Å². The van der Waals surface area contributed by atoms with Crippen LogP contribution < -0.4 is 4.74 Å². The van der Waals surface area contributed by atoms with Crippen LogP contribution in [0.2, 0.25) is 0 Å².